The van der Waals surface area contributed by atoms with Crippen molar-refractivity contribution in [3.63, 3.8) is 0 Å². The van der Waals surface area contributed by atoms with Crippen molar-refractivity contribution in [3.05, 3.63) is 12.1 Å². The molecular formula is C8H9N3O2. The van der Waals surface area contributed by atoms with Crippen molar-refractivity contribution in [2.45, 2.75) is 0 Å². The molecule has 0 unspecified atom stereocenters. The van der Waals surface area contributed by atoms with Gasteiger partial charge in [-0.05, 0) is 12.1 Å². The molecule has 0 saturated carbocycles. The van der Waals surface area contributed by atoms with Gasteiger partial charge in [0.05, 0.1) is 11.4 Å². The van der Waals surface area contributed by atoms with E-state index in [1.165, 1.54) is 0 Å². The number of fused-ring (bicyclic) bond motifs is 1. The highest BCUT2D eigenvalue weighted by atomic mass is 16.5. The summed E-state index contributed by atoms with van der Waals surface area (Å²) in [4.78, 5) is 10.9. The Hall–Kier alpha value is -1.91. The van der Waals surface area contributed by atoms with Gasteiger partial charge in [0.1, 0.15) is 0 Å². The molecule has 1 aromatic carbocycles. The van der Waals surface area contributed by atoms with E-state index in [0.29, 0.717) is 22.8 Å². The highest BCUT2D eigenvalue weighted by Crippen LogP contribution is 2.35. The number of nitrogens with one attached hydrogen (secondary N) is 1. The van der Waals surface area contributed by atoms with Crippen LogP contribution in [0.2, 0.25) is 0 Å². The number of benzene rings is 1. The lowest BCUT2D eigenvalue weighted by Gasteiger charge is -2.19. The number of anilines is 3. The summed E-state index contributed by atoms with van der Waals surface area (Å²) in [5, 5.41) is 2.62. The van der Waals surface area contributed by atoms with E-state index < -0.39 is 0 Å². The van der Waals surface area contributed by atoms with Crippen LogP contribution in [-0.2, 0) is 4.79 Å². The zero-order valence-corrected chi connectivity index (χ0v) is 6.83. The van der Waals surface area contributed by atoms with Crippen LogP contribution in [0.3, 0.4) is 0 Å². The Morgan fingerprint density at radius 2 is 2.15 bits per heavy atom. The minimum Gasteiger partial charge on any atom is -0.479 e. The lowest BCUT2D eigenvalue weighted by molar-refractivity contribution is -0.118. The van der Waals surface area contributed by atoms with Crippen LogP contribution in [0.4, 0.5) is 17.1 Å². The zero-order chi connectivity index (χ0) is 9.42. The maximum atomic E-state index is 10.9. The molecule has 5 heteroatoms. The number of rotatable bonds is 0. The molecule has 1 amide bonds. The fourth-order valence-electron chi connectivity index (χ4n) is 1.25. The third-order valence-corrected chi connectivity index (χ3v) is 1.76. The van der Waals surface area contributed by atoms with Crippen LogP contribution in [0.1, 0.15) is 0 Å². The van der Waals surface area contributed by atoms with Crippen LogP contribution in [0.15, 0.2) is 12.1 Å². The predicted molar refractivity (Wildman–Crippen MR) is 49.4 cm³/mol. The van der Waals surface area contributed by atoms with Crippen LogP contribution in [0.25, 0.3) is 0 Å². The normalized spacial score (nSPS) is 14.3. The maximum absolute atomic E-state index is 10.9. The molecule has 0 fully saturated rings. The molecule has 0 aliphatic carbocycles. The number of carbonyl (C=O) groups excluding carboxylic acids is 1. The summed E-state index contributed by atoms with van der Waals surface area (Å²) < 4.78 is 5.13. The van der Waals surface area contributed by atoms with Gasteiger partial charge in [0.25, 0.3) is 5.91 Å². The second-order valence-electron chi connectivity index (χ2n) is 2.82. The van der Waals surface area contributed by atoms with Gasteiger partial charge in [-0.25, -0.2) is 0 Å². The molecule has 1 aromatic rings. The molecule has 0 bridgehead atoms. The van der Waals surface area contributed by atoms with Gasteiger partial charge < -0.3 is 21.5 Å². The quantitative estimate of drug-likeness (QED) is 0.495. The largest absolute Gasteiger partial charge is 0.479 e. The van der Waals surface area contributed by atoms with E-state index in [1.54, 1.807) is 12.1 Å². The average molecular weight is 179 g/mol. The number of carbonyl (C=O) groups is 1. The maximum Gasteiger partial charge on any atom is 0.262 e. The van der Waals surface area contributed by atoms with Crippen LogP contribution in [-0.4, -0.2) is 12.5 Å². The molecule has 5 nitrogen and oxygen atoms in total. The third kappa shape index (κ3) is 1.24. The van der Waals surface area contributed by atoms with E-state index in [9.17, 15) is 4.79 Å². The summed E-state index contributed by atoms with van der Waals surface area (Å²) in [6.07, 6.45) is 0. The Balaban J connectivity index is 2.53. The molecule has 0 spiro atoms. The molecule has 13 heavy (non-hydrogen) atoms. The smallest absolute Gasteiger partial charge is 0.262 e. The van der Waals surface area contributed by atoms with E-state index in [-0.39, 0.29) is 12.5 Å². The van der Waals surface area contributed by atoms with Gasteiger partial charge in [-0.2, -0.15) is 0 Å². The van der Waals surface area contributed by atoms with Crippen LogP contribution in [0.5, 0.6) is 5.75 Å². The van der Waals surface area contributed by atoms with Crippen molar-refractivity contribution in [3.8, 4) is 5.75 Å². The first-order valence-electron chi connectivity index (χ1n) is 3.78. The molecule has 1 heterocycles. The van der Waals surface area contributed by atoms with E-state index in [4.69, 9.17) is 16.2 Å². The Kier molecular flexibility index (Phi) is 1.51. The van der Waals surface area contributed by atoms with E-state index in [1.807, 2.05) is 0 Å². The SMILES string of the molecule is Nc1cc(N)c2c(c1)NC(=O)CO2. The fraction of sp³-hybridized carbons (Fsp3) is 0.125. The minimum atomic E-state index is -0.197. The van der Waals surface area contributed by atoms with Gasteiger partial charge in [-0.15, -0.1) is 0 Å². The molecule has 1 aliphatic rings. The second kappa shape index (κ2) is 2.55. The summed E-state index contributed by atoms with van der Waals surface area (Å²) in [7, 11) is 0. The molecular weight excluding hydrogens is 170 g/mol. The number of ether oxygens (including phenoxy) is 1. The first-order chi connectivity index (χ1) is 6.16. The Labute approximate surface area is 74.7 Å². The Morgan fingerprint density at radius 1 is 1.38 bits per heavy atom. The van der Waals surface area contributed by atoms with Crippen LogP contribution in [0, 0.1) is 0 Å². The van der Waals surface area contributed by atoms with Gasteiger partial charge in [-0.3, -0.25) is 4.79 Å². The summed E-state index contributed by atoms with van der Waals surface area (Å²) in [6.45, 7) is 0.00111. The van der Waals surface area contributed by atoms with Crippen molar-refractivity contribution in [1.82, 2.24) is 0 Å². The molecule has 0 atom stereocenters. The van der Waals surface area contributed by atoms with Gasteiger partial charge in [0.2, 0.25) is 0 Å². The highest BCUT2D eigenvalue weighted by Gasteiger charge is 2.18. The summed E-state index contributed by atoms with van der Waals surface area (Å²) >= 11 is 0. The molecule has 1 aliphatic heterocycles. The summed E-state index contributed by atoms with van der Waals surface area (Å²) in [6, 6.07) is 3.21. The van der Waals surface area contributed by atoms with Gasteiger partial charge in [0, 0.05) is 5.69 Å². The van der Waals surface area contributed by atoms with Crippen molar-refractivity contribution in [2.75, 3.05) is 23.4 Å². The Morgan fingerprint density at radius 3 is 2.92 bits per heavy atom. The molecule has 0 aromatic heterocycles. The molecule has 68 valence electrons. The number of amides is 1. The average Bonchev–Trinajstić information content (AvgIpc) is 2.02. The monoisotopic (exact) mass is 179 g/mol. The van der Waals surface area contributed by atoms with E-state index in [0.717, 1.165) is 0 Å². The number of hydrogen-bond donors (Lipinski definition) is 3. The van der Waals surface area contributed by atoms with Crippen LogP contribution >= 0.6 is 0 Å². The van der Waals surface area contributed by atoms with Crippen molar-refractivity contribution >= 4 is 23.0 Å². The standard InChI is InChI=1S/C8H9N3O2/c9-4-1-5(10)8-6(2-4)11-7(12)3-13-8/h1-2H,3,9-10H2,(H,11,12). The zero-order valence-electron chi connectivity index (χ0n) is 6.83. The second-order valence-corrected chi connectivity index (χ2v) is 2.82. The highest BCUT2D eigenvalue weighted by molar-refractivity contribution is 5.97. The van der Waals surface area contributed by atoms with Crippen LogP contribution < -0.4 is 21.5 Å². The summed E-state index contributed by atoms with van der Waals surface area (Å²) in [5.74, 6) is 0.298. The third-order valence-electron chi connectivity index (χ3n) is 1.76. The predicted octanol–water partition coefficient (Wildman–Crippen LogP) is 0.182. The summed E-state index contributed by atoms with van der Waals surface area (Å²) in [5.41, 5.74) is 12.7. The first-order valence-corrected chi connectivity index (χ1v) is 3.78. The van der Waals surface area contributed by atoms with Gasteiger partial charge >= 0.3 is 0 Å². The topological polar surface area (TPSA) is 90.4 Å². The van der Waals surface area contributed by atoms with E-state index in [2.05, 4.69) is 5.32 Å². The van der Waals surface area contributed by atoms with Crippen molar-refractivity contribution in [1.29, 1.82) is 0 Å². The fourth-order valence-corrected chi connectivity index (χ4v) is 1.25. The lowest BCUT2D eigenvalue weighted by atomic mass is 10.2. The first kappa shape index (κ1) is 7.72. The van der Waals surface area contributed by atoms with Gasteiger partial charge in [0.15, 0.2) is 12.4 Å². The van der Waals surface area contributed by atoms with Crippen molar-refractivity contribution in [2.24, 2.45) is 0 Å². The lowest BCUT2D eigenvalue weighted by Crippen LogP contribution is -2.26. The van der Waals surface area contributed by atoms with Crippen molar-refractivity contribution < 1.29 is 9.53 Å². The number of hydrogen-bond acceptors (Lipinski definition) is 4. The van der Waals surface area contributed by atoms with E-state index >= 15 is 0 Å². The molecule has 0 saturated heterocycles. The number of nitrogen functional groups attached to an aromatic ring is 2. The van der Waals surface area contributed by atoms with Gasteiger partial charge in [-0.1, -0.05) is 0 Å². The number of nitrogens with two attached hydrogens (primary N) is 2. The Bertz CT molecular complexity index is 376. The minimum absolute atomic E-state index is 0.00111. The molecule has 5 N–H and O–H groups in total. The molecule has 2 rings (SSSR count). The molecule has 0 radical (unpaired) electrons.